The molecule has 2 aromatic rings. The van der Waals surface area contributed by atoms with Gasteiger partial charge in [-0.2, -0.15) is 13.2 Å². The van der Waals surface area contributed by atoms with Crippen LogP contribution in [0.25, 0.3) is 0 Å². The summed E-state index contributed by atoms with van der Waals surface area (Å²) in [6.07, 6.45) is -5.16. The Balaban J connectivity index is 1.94. The van der Waals surface area contributed by atoms with Gasteiger partial charge in [-0.3, -0.25) is 4.79 Å². The molecule has 0 saturated heterocycles. The van der Waals surface area contributed by atoms with E-state index in [4.69, 9.17) is 4.74 Å². The number of rotatable bonds is 5. The summed E-state index contributed by atoms with van der Waals surface area (Å²) >= 11 is 0. The minimum absolute atomic E-state index is 0.00335. The quantitative estimate of drug-likeness (QED) is 0.867. The Morgan fingerprint density at radius 2 is 1.84 bits per heavy atom. The Morgan fingerprint density at radius 1 is 1.12 bits per heavy atom. The molecule has 1 amide bonds. The normalized spacial score (nSPS) is 12.6. The molecule has 0 spiro atoms. The molecule has 0 radical (unpaired) electrons. The van der Waals surface area contributed by atoms with Crippen LogP contribution in [-0.2, 0) is 17.5 Å². The third-order valence-corrected chi connectivity index (χ3v) is 3.88. The van der Waals surface area contributed by atoms with Gasteiger partial charge in [-0.1, -0.05) is 18.2 Å². The maximum Gasteiger partial charge on any atom is 0.416 e. The van der Waals surface area contributed by atoms with E-state index in [0.29, 0.717) is 11.3 Å². The lowest BCUT2D eigenvalue weighted by Gasteiger charge is -2.16. The zero-order valence-corrected chi connectivity index (χ0v) is 14.3. The number of hydrogen-bond acceptors (Lipinski definition) is 2. The Morgan fingerprint density at radius 3 is 2.48 bits per heavy atom. The summed E-state index contributed by atoms with van der Waals surface area (Å²) in [6.45, 7) is 5.52. The summed E-state index contributed by atoms with van der Waals surface area (Å²) in [5.41, 5.74) is 1.81. The number of alkyl halides is 3. The Kier molecular flexibility index (Phi) is 5.72. The van der Waals surface area contributed by atoms with Crippen LogP contribution in [0.5, 0.6) is 5.75 Å². The highest BCUT2D eigenvalue weighted by atomic mass is 19.4. The average molecular weight is 351 g/mol. The summed E-state index contributed by atoms with van der Waals surface area (Å²) in [4.78, 5) is 12.1. The second-order valence-corrected chi connectivity index (χ2v) is 5.92. The van der Waals surface area contributed by atoms with E-state index in [1.807, 2.05) is 26.0 Å². The topological polar surface area (TPSA) is 38.3 Å². The minimum atomic E-state index is -4.40. The molecule has 3 nitrogen and oxygen atoms in total. The number of nitrogens with one attached hydrogen (secondary N) is 1. The molecule has 1 atom stereocenters. The van der Waals surface area contributed by atoms with Crippen molar-refractivity contribution in [2.45, 2.75) is 39.6 Å². The molecule has 2 aromatic carbocycles. The van der Waals surface area contributed by atoms with Crippen molar-refractivity contribution in [2.24, 2.45) is 0 Å². The molecule has 0 aromatic heterocycles. The van der Waals surface area contributed by atoms with Crippen molar-refractivity contribution >= 4 is 5.91 Å². The second-order valence-electron chi connectivity index (χ2n) is 5.92. The number of aryl methyl sites for hydroxylation is 2. The van der Waals surface area contributed by atoms with E-state index in [1.165, 1.54) is 12.1 Å². The Bertz CT molecular complexity index is 757. The molecule has 0 bridgehead atoms. The third kappa shape index (κ3) is 5.24. The molecule has 0 heterocycles. The van der Waals surface area contributed by atoms with Crippen molar-refractivity contribution < 1.29 is 22.7 Å². The van der Waals surface area contributed by atoms with Gasteiger partial charge in [-0.05, 0) is 61.7 Å². The monoisotopic (exact) mass is 351 g/mol. The van der Waals surface area contributed by atoms with E-state index >= 15 is 0 Å². The summed E-state index contributed by atoms with van der Waals surface area (Å²) in [5, 5.41) is 2.59. The number of ether oxygens (including phenoxy) is 1. The molecule has 0 aliphatic rings. The van der Waals surface area contributed by atoms with E-state index in [-0.39, 0.29) is 6.54 Å². The lowest BCUT2D eigenvalue weighted by atomic mass is 10.1. The number of halogens is 3. The van der Waals surface area contributed by atoms with Crippen molar-refractivity contribution in [1.29, 1.82) is 0 Å². The largest absolute Gasteiger partial charge is 0.481 e. The molecule has 0 saturated carbocycles. The molecule has 1 unspecified atom stereocenters. The highest BCUT2D eigenvalue weighted by Crippen LogP contribution is 2.29. The van der Waals surface area contributed by atoms with Gasteiger partial charge in [0.1, 0.15) is 5.75 Å². The van der Waals surface area contributed by atoms with Gasteiger partial charge in [-0.25, -0.2) is 0 Å². The first-order valence-electron chi connectivity index (χ1n) is 7.84. The number of amides is 1. The van der Waals surface area contributed by atoms with Crippen molar-refractivity contribution in [3.8, 4) is 5.75 Å². The standard InChI is InChI=1S/C19H20F3NO2/c1-12-7-8-17(9-13(12)2)25-14(3)18(24)23-11-15-5-4-6-16(10-15)19(20,21)22/h4-10,14H,11H2,1-3H3,(H,23,24). The van der Waals surface area contributed by atoms with Crippen molar-refractivity contribution in [3.05, 3.63) is 64.7 Å². The van der Waals surface area contributed by atoms with Gasteiger partial charge >= 0.3 is 6.18 Å². The van der Waals surface area contributed by atoms with E-state index in [9.17, 15) is 18.0 Å². The van der Waals surface area contributed by atoms with Gasteiger partial charge in [0.05, 0.1) is 5.56 Å². The second kappa shape index (κ2) is 7.59. The molecular formula is C19H20F3NO2. The maximum atomic E-state index is 12.7. The molecule has 0 aliphatic carbocycles. The highest BCUT2D eigenvalue weighted by Gasteiger charge is 2.30. The van der Waals surface area contributed by atoms with Gasteiger partial charge in [0.2, 0.25) is 0 Å². The van der Waals surface area contributed by atoms with Crippen LogP contribution >= 0.6 is 0 Å². The molecule has 6 heteroatoms. The van der Waals surface area contributed by atoms with E-state index < -0.39 is 23.8 Å². The zero-order valence-electron chi connectivity index (χ0n) is 14.3. The summed E-state index contributed by atoms with van der Waals surface area (Å²) in [6, 6.07) is 10.4. The maximum absolute atomic E-state index is 12.7. The van der Waals surface area contributed by atoms with Crippen LogP contribution in [0.15, 0.2) is 42.5 Å². The van der Waals surface area contributed by atoms with Crippen molar-refractivity contribution in [2.75, 3.05) is 0 Å². The first-order chi connectivity index (χ1) is 11.7. The zero-order chi connectivity index (χ0) is 18.6. The molecule has 134 valence electrons. The van der Waals surface area contributed by atoms with Gasteiger partial charge in [-0.15, -0.1) is 0 Å². The van der Waals surface area contributed by atoms with E-state index in [1.54, 1.807) is 13.0 Å². The first kappa shape index (κ1) is 18.8. The fraction of sp³-hybridized carbons (Fsp3) is 0.316. The molecule has 0 fully saturated rings. The number of carbonyl (C=O) groups is 1. The van der Waals surface area contributed by atoms with Crippen LogP contribution in [-0.4, -0.2) is 12.0 Å². The number of hydrogen-bond donors (Lipinski definition) is 1. The van der Waals surface area contributed by atoms with Gasteiger partial charge in [0, 0.05) is 6.54 Å². The summed E-state index contributed by atoms with van der Waals surface area (Å²) in [5.74, 6) is 0.181. The first-order valence-corrected chi connectivity index (χ1v) is 7.84. The molecule has 1 N–H and O–H groups in total. The molecule has 25 heavy (non-hydrogen) atoms. The number of benzene rings is 2. The van der Waals surface area contributed by atoms with Crippen molar-refractivity contribution in [1.82, 2.24) is 5.32 Å². The SMILES string of the molecule is Cc1ccc(OC(C)C(=O)NCc2cccc(C(F)(F)F)c2)cc1C. The summed E-state index contributed by atoms with van der Waals surface area (Å²) in [7, 11) is 0. The predicted molar refractivity (Wildman–Crippen MR) is 89.3 cm³/mol. The van der Waals surface area contributed by atoms with Crippen LogP contribution in [0.4, 0.5) is 13.2 Å². The van der Waals surface area contributed by atoms with Crippen molar-refractivity contribution in [3.63, 3.8) is 0 Å². The van der Waals surface area contributed by atoms with E-state index in [0.717, 1.165) is 23.3 Å². The van der Waals surface area contributed by atoms with Crippen LogP contribution < -0.4 is 10.1 Å². The smallest absolute Gasteiger partial charge is 0.416 e. The predicted octanol–water partition coefficient (Wildman–Crippen LogP) is 4.41. The average Bonchev–Trinajstić information content (AvgIpc) is 2.55. The third-order valence-electron chi connectivity index (χ3n) is 3.88. The fourth-order valence-electron chi connectivity index (χ4n) is 2.24. The molecule has 2 rings (SSSR count). The van der Waals surface area contributed by atoms with Gasteiger partial charge in [0.15, 0.2) is 6.10 Å². The van der Waals surface area contributed by atoms with E-state index in [2.05, 4.69) is 5.32 Å². The van der Waals surface area contributed by atoms with Crippen LogP contribution in [0, 0.1) is 13.8 Å². The lowest BCUT2D eigenvalue weighted by Crippen LogP contribution is -2.35. The van der Waals surface area contributed by atoms with Crippen LogP contribution in [0.2, 0.25) is 0 Å². The van der Waals surface area contributed by atoms with Gasteiger partial charge < -0.3 is 10.1 Å². The van der Waals surface area contributed by atoms with Gasteiger partial charge in [0.25, 0.3) is 5.91 Å². The van der Waals surface area contributed by atoms with Crippen LogP contribution in [0.1, 0.15) is 29.2 Å². The molecule has 0 aliphatic heterocycles. The number of carbonyl (C=O) groups excluding carboxylic acids is 1. The fourth-order valence-corrected chi connectivity index (χ4v) is 2.24. The Hall–Kier alpha value is -2.50. The Labute approximate surface area is 144 Å². The lowest BCUT2D eigenvalue weighted by molar-refractivity contribution is -0.137. The highest BCUT2D eigenvalue weighted by molar-refractivity contribution is 5.80. The van der Waals surface area contributed by atoms with Crippen LogP contribution in [0.3, 0.4) is 0 Å². The molecular weight excluding hydrogens is 331 g/mol. The minimum Gasteiger partial charge on any atom is -0.481 e. The summed E-state index contributed by atoms with van der Waals surface area (Å²) < 4.78 is 43.7.